The van der Waals surface area contributed by atoms with E-state index in [9.17, 15) is 14.0 Å². The van der Waals surface area contributed by atoms with Crippen molar-refractivity contribution in [3.05, 3.63) is 57.0 Å². The van der Waals surface area contributed by atoms with Gasteiger partial charge in [0.15, 0.2) is 0 Å². The van der Waals surface area contributed by atoms with Crippen LogP contribution in [0.2, 0.25) is 5.02 Å². The topological polar surface area (TPSA) is 50.3 Å². The summed E-state index contributed by atoms with van der Waals surface area (Å²) in [5.74, 6) is -1.61. The van der Waals surface area contributed by atoms with E-state index in [2.05, 4.69) is 20.9 Å². The van der Waals surface area contributed by atoms with Crippen molar-refractivity contribution in [1.29, 1.82) is 0 Å². The Hall–Kier alpha value is -1.79. The molecule has 0 radical (unpaired) electrons. The monoisotopic (exact) mass is 354 g/mol. The van der Waals surface area contributed by atoms with Crippen LogP contribution in [0.4, 0.5) is 10.1 Å². The minimum Gasteiger partial charge on any atom is -0.268 e. The summed E-state index contributed by atoms with van der Waals surface area (Å²) in [5.41, 5.74) is 0.571. The molecule has 2 amide bonds. The van der Waals surface area contributed by atoms with Gasteiger partial charge in [-0.1, -0.05) is 11.6 Å². The summed E-state index contributed by atoms with van der Waals surface area (Å²) in [5, 5.41) is -0.0284. The van der Waals surface area contributed by atoms with Gasteiger partial charge in [0.1, 0.15) is 5.82 Å². The number of hydrogen-bond donors (Lipinski definition) is 0. The maximum atomic E-state index is 13.2. The Morgan fingerprint density at radius 3 is 2.55 bits per heavy atom. The van der Waals surface area contributed by atoms with Crippen LogP contribution in [0.1, 0.15) is 20.7 Å². The van der Waals surface area contributed by atoms with Crippen LogP contribution in [0.25, 0.3) is 0 Å². The van der Waals surface area contributed by atoms with Crippen molar-refractivity contribution in [2.75, 3.05) is 4.90 Å². The van der Waals surface area contributed by atoms with Crippen molar-refractivity contribution < 1.29 is 14.0 Å². The molecule has 1 aliphatic rings. The molecule has 4 nitrogen and oxygen atoms in total. The third kappa shape index (κ3) is 1.83. The third-order valence-electron chi connectivity index (χ3n) is 2.89. The molecule has 0 atom stereocenters. The van der Waals surface area contributed by atoms with Crippen molar-refractivity contribution in [3.63, 3.8) is 0 Å². The van der Waals surface area contributed by atoms with E-state index >= 15 is 0 Å². The minimum atomic E-state index is -0.566. The van der Waals surface area contributed by atoms with Gasteiger partial charge in [-0.25, -0.2) is 9.29 Å². The quantitative estimate of drug-likeness (QED) is 0.736. The first-order valence-electron chi connectivity index (χ1n) is 5.48. The second-order valence-corrected chi connectivity index (χ2v) is 5.35. The highest BCUT2D eigenvalue weighted by Crippen LogP contribution is 2.39. The van der Waals surface area contributed by atoms with Gasteiger partial charge in [0, 0.05) is 16.9 Å². The van der Waals surface area contributed by atoms with Crippen LogP contribution in [0.15, 0.2) is 35.1 Å². The average Bonchev–Trinajstić information content (AvgIpc) is 2.64. The van der Waals surface area contributed by atoms with E-state index in [0.717, 1.165) is 17.0 Å². The predicted molar refractivity (Wildman–Crippen MR) is 74.5 cm³/mol. The second kappa shape index (κ2) is 4.64. The number of carbonyl (C=O) groups is 2. The molecule has 3 rings (SSSR count). The Morgan fingerprint density at radius 1 is 1.20 bits per heavy atom. The van der Waals surface area contributed by atoms with E-state index in [1.807, 2.05) is 0 Å². The Balaban J connectivity index is 2.19. The van der Waals surface area contributed by atoms with Gasteiger partial charge < -0.3 is 0 Å². The first kappa shape index (κ1) is 13.2. The molecule has 0 saturated heterocycles. The number of rotatable bonds is 1. The lowest BCUT2D eigenvalue weighted by atomic mass is 10.2. The summed E-state index contributed by atoms with van der Waals surface area (Å²) in [4.78, 5) is 29.3. The van der Waals surface area contributed by atoms with Gasteiger partial charge in [-0.3, -0.25) is 14.6 Å². The highest BCUT2D eigenvalue weighted by molar-refractivity contribution is 9.10. The third-order valence-corrected chi connectivity index (χ3v) is 3.79. The van der Waals surface area contributed by atoms with E-state index in [0.29, 0.717) is 0 Å². The molecule has 0 spiro atoms. The Kier molecular flexibility index (Phi) is 3.07. The first-order chi connectivity index (χ1) is 9.50. The summed E-state index contributed by atoms with van der Waals surface area (Å²) in [6, 6.07) is 3.65. The van der Waals surface area contributed by atoms with Crippen molar-refractivity contribution in [2.24, 2.45) is 0 Å². The molecule has 0 aliphatic carbocycles. The van der Waals surface area contributed by atoms with Gasteiger partial charge >= 0.3 is 0 Å². The molecular weight excluding hydrogens is 351 g/mol. The van der Waals surface area contributed by atoms with Crippen LogP contribution in [-0.2, 0) is 0 Å². The van der Waals surface area contributed by atoms with Gasteiger partial charge in [-0.05, 0) is 34.1 Å². The first-order valence-corrected chi connectivity index (χ1v) is 6.65. The number of halogens is 3. The number of nitrogens with zero attached hydrogens (tertiary/aromatic N) is 2. The lowest BCUT2D eigenvalue weighted by Crippen LogP contribution is -2.30. The zero-order valence-corrected chi connectivity index (χ0v) is 12.1. The minimum absolute atomic E-state index is 0.0284. The molecule has 1 aromatic carbocycles. The number of imide groups is 1. The summed E-state index contributed by atoms with van der Waals surface area (Å²) in [6.07, 6.45) is 2.75. The second-order valence-electron chi connectivity index (χ2n) is 4.09. The maximum Gasteiger partial charge on any atom is 0.267 e. The number of pyridine rings is 1. The molecule has 2 aromatic rings. The zero-order chi connectivity index (χ0) is 14.4. The Labute approximate surface area is 126 Å². The maximum absolute atomic E-state index is 13.2. The van der Waals surface area contributed by atoms with Crippen LogP contribution in [0, 0.1) is 5.82 Å². The number of benzene rings is 1. The van der Waals surface area contributed by atoms with E-state index < -0.39 is 17.6 Å². The number of carbonyl (C=O) groups excluding carboxylic acids is 2. The smallest absolute Gasteiger partial charge is 0.267 e. The van der Waals surface area contributed by atoms with Crippen molar-refractivity contribution in [3.8, 4) is 0 Å². The Morgan fingerprint density at radius 2 is 1.90 bits per heavy atom. The number of aromatic nitrogens is 1. The lowest BCUT2D eigenvalue weighted by molar-refractivity contribution is 0.0926. The number of hydrogen-bond acceptors (Lipinski definition) is 3. The fourth-order valence-electron chi connectivity index (χ4n) is 2.04. The molecule has 0 N–H and O–H groups in total. The molecule has 1 aliphatic heterocycles. The van der Waals surface area contributed by atoms with E-state index in [-0.39, 0.29) is 26.3 Å². The fraction of sp³-hybridized carbons (Fsp3) is 0. The normalized spacial score (nSPS) is 13.8. The summed E-state index contributed by atoms with van der Waals surface area (Å²) in [7, 11) is 0. The van der Waals surface area contributed by atoms with Crippen LogP contribution in [-0.4, -0.2) is 16.8 Å². The molecule has 0 fully saturated rings. The fourth-order valence-corrected chi connectivity index (χ4v) is 3.05. The molecule has 1 aromatic heterocycles. The molecule has 2 heterocycles. The van der Waals surface area contributed by atoms with Gasteiger partial charge in [0.05, 0.1) is 21.8 Å². The van der Waals surface area contributed by atoms with E-state index in [1.54, 1.807) is 0 Å². The predicted octanol–water partition coefficient (Wildman–Crippen LogP) is 3.44. The highest BCUT2D eigenvalue weighted by Gasteiger charge is 2.38. The zero-order valence-electron chi connectivity index (χ0n) is 9.73. The van der Waals surface area contributed by atoms with Gasteiger partial charge in [0.2, 0.25) is 0 Å². The van der Waals surface area contributed by atoms with Gasteiger partial charge in [0.25, 0.3) is 11.8 Å². The molecule has 0 bridgehead atoms. The Bertz CT molecular complexity index is 708. The SMILES string of the molecule is O=C1c2ccncc2C(=O)N1c1c(Cl)cc(F)cc1Br. The molecule has 0 saturated carbocycles. The average molecular weight is 356 g/mol. The van der Waals surface area contributed by atoms with Gasteiger partial charge in [-0.2, -0.15) is 0 Å². The van der Waals surface area contributed by atoms with Crippen molar-refractivity contribution in [1.82, 2.24) is 4.98 Å². The number of amides is 2. The standard InChI is InChI=1S/C13H5BrClFN2O2/c14-9-3-6(16)4-10(15)11(9)18-12(19)7-1-2-17-5-8(7)13(18)20/h1-5H. The lowest BCUT2D eigenvalue weighted by Gasteiger charge is -2.17. The molecule has 20 heavy (non-hydrogen) atoms. The largest absolute Gasteiger partial charge is 0.268 e. The van der Waals surface area contributed by atoms with Crippen LogP contribution in [0.5, 0.6) is 0 Å². The highest BCUT2D eigenvalue weighted by atomic mass is 79.9. The van der Waals surface area contributed by atoms with Crippen LogP contribution < -0.4 is 4.90 Å². The number of anilines is 1. The molecular formula is C13H5BrClFN2O2. The number of fused-ring (bicyclic) bond motifs is 1. The van der Waals surface area contributed by atoms with Crippen LogP contribution in [0.3, 0.4) is 0 Å². The summed E-state index contributed by atoms with van der Waals surface area (Å²) in [6.45, 7) is 0. The van der Waals surface area contributed by atoms with Gasteiger partial charge in [-0.15, -0.1) is 0 Å². The molecule has 7 heteroatoms. The van der Waals surface area contributed by atoms with E-state index in [4.69, 9.17) is 11.6 Å². The molecule has 0 unspecified atom stereocenters. The van der Waals surface area contributed by atoms with E-state index in [1.165, 1.54) is 18.5 Å². The van der Waals surface area contributed by atoms with Crippen LogP contribution >= 0.6 is 27.5 Å². The molecule has 100 valence electrons. The summed E-state index contributed by atoms with van der Waals surface area (Å²) < 4.78 is 13.5. The van der Waals surface area contributed by atoms with Crippen molar-refractivity contribution in [2.45, 2.75) is 0 Å². The van der Waals surface area contributed by atoms with Crippen molar-refractivity contribution >= 4 is 45.0 Å². The summed E-state index contributed by atoms with van der Waals surface area (Å²) >= 11 is 9.08.